The molecule has 0 heterocycles. The normalized spacial score (nSPS) is 10.0. The van der Waals surface area contributed by atoms with Crippen LogP contribution in [0.15, 0.2) is 49.1 Å². The minimum atomic E-state index is -0.981. The molecule has 0 bridgehead atoms. The maximum absolute atomic E-state index is 9.25. The molecule has 0 atom stereocenters. The number of rotatable bonds is 3. The highest BCUT2D eigenvalue weighted by Gasteiger charge is 1.94. The van der Waals surface area contributed by atoms with Crippen molar-refractivity contribution < 1.29 is 9.90 Å². The van der Waals surface area contributed by atoms with Crippen LogP contribution in [0.3, 0.4) is 0 Å². The molecule has 0 aliphatic rings. The summed E-state index contributed by atoms with van der Waals surface area (Å²) in [6, 6.07) is 10.2. The van der Waals surface area contributed by atoms with Crippen molar-refractivity contribution in [1.82, 2.24) is 0 Å². The molecule has 0 amide bonds. The van der Waals surface area contributed by atoms with E-state index in [0.717, 1.165) is 6.08 Å². The average Bonchev–Trinajstić information content (AvgIpc) is 2.33. The molecule has 0 aromatic heterocycles. The van der Waals surface area contributed by atoms with Gasteiger partial charge in [-0.2, -0.15) is 0 Å². The fraction of sp³-hybridized carbons (Fsp3) is 0.154. The fourth-order valence-corrected chi connectivity index (χ4v) is 1.05. The third-order valence-corrected chi connectivity index (χ3v) is 1.89. The zero-order chi connectivity index (χ0) is 12.4. The van der Waals surface area contributed by atoms with E-state index in [1.807, 2.05) is 25.1 Å². The lowest BCUT2D eigenvalue weighted by Crippen LogP contribution is -2.01. The van der Waals surface area contributed by atoms with Crippen LogP contribution in [0.4, 0.5) is 0 Å². The summed E-state index contributed by atoms with van der Waals surface area (Å²) in [4.78, 5) is 9.25. The molecule has 0 saturated carbocycles. The first-order chi connectivity index (χ1) is 7.65. The van der Waals surface area contributed by atoms with Gasteiger partial charge in [0.25, 0.3) is 0 Å². The lowest BCUT2D eigenvalue weighted by Gasteiger charge is -2.01. The number of carboxylic acid groups (broad SMARTS) is 1. The van der Waals surface area contributed by atoms with Crippen molar-refractivity contribution in [1.29, 1.82) is 0 Å². The molecule has 3 nitrogen and oxygen atoms in total. The molecule has 1 aromatic carbocycles. The van der Waals surface area contributed by atoms with E-state index < -0.39 is 5.97 Å². The van der Waals surface area contributed by atoms with Crippen molar-refractivity contribution in [3.8, 4) is 0 Å². The third-order valence-electron chi connectivity index (χ3n) is 1.89. The molecular formula is C13H17NO2. The van der Waals surface area contributed by atoms with Crippen LogP contribution >= 0.6 is 0 Å². The average molecular weight is 219 g/mol. The highest BCUT2D eigenvalue weighted by atomic mass is 16.4. The van der Waals surface area contributed by atoms with E-state index in [2.05, 4.69) is 24.8 Å². The van der Waals surface area contributed by atoms with Crippen molar-refractivity contribution in [2.45, 2.75) is 6.92 Å². The Labute approximate surface area is 95.9 Å². The number of hydrogen-bond acceptors (Lipinski definition) is 2. The van der Waals surface area contributed by atoms with Crippen LogP contribution < -0.4 is 5.73 Å². The zero-order valence-electron chi connectivity index (χ0n) is 9.39. The van der Waals surface area contributed by atoms with E-state index in [-0.39, 0.29) is 0 Å². The standard InChI is InChI=1S/C10H13N.C3H4O2/c1-2-9(8-11)10-6-4-3-5-7-10;1-2-3(4)5/h2-7H,8,11H2,1H3;2H,1H2,(H,4,5). The quantitative estimate of drug-likeness (QED) is 0.767. The molecule has 0 saturated heterocycles. The Balaban J connectivity index is 0.000000385. The van der Waals surface area contributed by atoms with Crippen molar-refractivity contribution >= 4 is 11.5 Å². The van der Waals surface area contributed by atoms with Gasteiger partial charge in [-0.3, -0.25) is 0 Å². The first kappa shape index (κ1) is 14.1. The molecule has 1 rings (SSSR count). The number of hydrogen-bond donors (Lipinski definition) is 2. The Bertz CT molecular complexity index is 355. The van der Waals surface area contributed by atoms with E-state index in [1.54, 1.807) is 0 Å². The van der Waals surface area contributed by atoms with E-state index >= 15 is 0 Å². The van der Waals surface area contributed by atoms with Crippen LogP contribution in [0.5, 0.6) is 0 Å². The van der Waals surface area contributed by atoms with E-state index in [4.69, 9.17) is 10.8 Å². The number of nitrogens with two attached hydrogens (primary N) is 1. The molecule has 0 aliphatic heterocycles. The van der Waals surface area contributed by atoms with Gasteiger partial charge >= 0.3 is 5.97 Å². The molecule has 1 aromatic rings. The lowest BCUT2D eigenvalue weighted by molar-refractivity contribution is -0.131. The molecule has 3 N–H and O–H groups in total. The number of aliphatic carboxylic acids is 1. The third kappa shape index (κ3) is 5.78. The van der Waals surface area contributed by atoms with Gasteiger partial charge in [0.15, 0.2) is 0 Å². The van der Waals surface area contributed by atoms with Gasteiger partial charge in [-0.25, -0.2) is 4.79 Å². The van der Waals surface area contributed by atoms with Crippen LogP contribution in [-0.4, -0.2) is 17.6 Å². The van der Waals surface area contributed by atoms with Gasteiger partial charge < -0.3 is 10.8 Å². The predicted octanol–water partition coefficient (Wildman–Crippen LogP) is 2.31. The molecule has 16 heavy (non-hydrogen) atoms. The second-order valence-corrected chi connectivity index (χ2v) is 2.93. The highest BCUT2D eigenvalue weighted by molar-refractivity contribution is 5.78. The second-order valence-electron chi connectivity index (χ2n) is 2.93. The largest absolute Gasteiger partial charge is 0.478 e. The molecule has 86 valence electrons. The SMILES string of the molecule is C=CC(=O)O.CC=C(CN)c1ccccc1. The monoisotopic (exact) mass is 219 g/mol. The Morgan fingerprint density at radius 3 is 2.25 bits per heavy atom. The zero-order valence-corrected chi connectivity index (χ0v) is 9.39. The van der Waals surface area contributed by atoms with Crippen molar-refractivity contribution in [2.24, 2.45) is 5.73 Å². The molecule has 0 unspecified atom stereocenters. The van der Waals surface area contributed by atoms with E-state index in [1.165, 1.54) is 11.1 Å². The summed E-state index contributed by atoms with van der Waals surface area (Å²) < 4.78 is 0. The smallest absolute Gasteiger partial charge is 0.327 e. The number of allylic oxidation sites excluding steroid dienone is 1. The Morgan fingerprint density at radius 1 is 1.44 bits per heavy atom. The first-order valence-electron chi connectivity index (χ1n) is 4.91. The predicted molar refractivity (Wildman–Crippen MR) is 67.0 cm³/mol. The Kier molecular flexibility index (Phi) is 7.45. The molecule has 0 aliphatic carbocycles. The Morgan fingerprint density at radius 2 is 1.94 bits per heavy atom. The fourth-order valence-electron chi connectivity index (χ4n) is 1.05. The van der Waals surface area contributed by atoms with Gasteiger partial charge in [0.2, 0.25) is 0 Å². The van der Waals surface area contributed by atoms with Gasteiger partial charge in [-0.05, 0) is 18.1 Å². The van der Waals surface area contributed by atoms with Gasteiger partial charge in [0.05, 0.1) is 0 Å². The van der Waals surface area contributed by atoms with Crippen LogP contribution in [0, 0.1) is 0 Å². The van der Waals surface area contributed by atoms with Crippen molar-refractivity contribution in [3.05, 3.63) is 54.6 Å². The van der Waals surface area contributed by atoms with Gasteiger partial charge in [0, 0.05) is 12.6 Å². The summed E-state index contributed by atoms with van der Waals surface area (Å²) in [5, 5.41) is 7.60. The summed E-state index contributed by atoms with van der Waals surface area (Å²) in [5.74, 6) is -0.981. The summed E-state index contributed by atoms with van der Waals surface area (Å²) in [7, 11) is 0. The number of carboxylic acids is 1. The summed E-state index contributed by atoms with van der Waals surface area (Å²) in [5.41, 5.74) is 7.97. The molecule has 0 spiro atoms. The molecule has 0 radical (unpaired) electrons. The highest BCUT2D eigenvalue weighted by Crippen LogP contribution is 2.11. The minimum Gasteiger partial charge on any atom is -0.478 e. The minimum absolute atomic E-state index is 0.612. The summed E-state index contributed by atoms with van der Waals surface area (Å²) >= 11 is 0. The van der Waals surface area contributed by atoms with Crippen LogP contribution in [0.25, 0.3) is 5.57 Å². The van der Waals surface area contributed by atoms with Crippen LogP contribution in [0.1, 0.15) is 12.5 Å². The first-order valence-corrected chi connectivity index (χ1v) is 4.91. The lowest BCUT2D eigenvalue weighted by atomic mass is 10.1. The van der Waals surface area contributed by atoms with Crippen LogP contribution in [0.2, 0.25) is 0 Å². The molecule has 3 heteroatoms. The van der Waals surface area contributed by atoms with E-state index in [0.29, 0.717) is 6.54 Å². The number of benzene rings is 1. The number of carbonyl (C=O) groups is 1. The van der Waals surface area contributed by atoms with Crippen molar-refractivity contribution in [3.63, 3.8) is 0 Å². The second kappa shape index (κ2) is 8.44. The maximum Gasteiger partial charge on any atom is 0.327 e. The van der Waals surface area contributed by atoms with Gasteiger partial charge in [-0.1, -0.05) is 43.0 Å². The topological polar surface area (TPSA) is 63.3 Å². The summed E-state index contributed by atoms with van der Waals surface area (Å²) in [6.07, 6.45) is 2.88. The van der Waals surface area contributed by atoms with Crippen molar-refractivity contribution in [2.75, 3.05) is 6.54 Å². The molecule has 0 fully saturated rings. The van der Waals surface area contributed by atoms with Gasteiger partial charge in [0.1, 0.15) is 0 Å². The Hall–Kier alpha value is -1.87. The van der Waals surface area contributed by atoms with E-state index in [9.17, 15) is 4.79 Å². The molecular weight excluding hydrogens is 202 g/mol. The maximum atomic E-state index is 9.25. The van der Waals surface area contributed by atoms with Gasteiger partial charge in [-0.15, -0.1) is 0 Å². The van der Waals surface area contributed by atoms with Crippen LogP contribution in [-0.2, 0) is 4.79 Å². The summed E-state index contributed by atoms with van der Waals surface area (Å²) in [6.45, 7) is 5.58.